The number of piperidine rings is 1. The molecule has 7 heteroatoms. The Morgan fingerprint density at radius 2 is 2.14 bits per heavy atom. The Kier molecular flexibility index (Phi) is 5.76. The lowest BCUT2D eigenvalue weighted by molar-refractivity contribution is 0.0704. The molecule has 1 atom stereocenters. The van der Waals surface area contributed by atoms with Crippen LogP contribution in [0, 0.1) is 0 Å². The largest absolute Gasteiger partial charge is 0.481 e. The zero-order valence-electron chi connectivity index (χ0n) is 16.9. The summed E-state index contributed by atoms with van der Waals surface area (Å²) in [6, 6.07) is 9.43. The average molecular weight is 394 g/mol. The van der Waals surface area contributed by atoms with Crippen molar-refractivity contribution in [3.05, 3.63) is 54.1 Å². The van der Waals surface area contributed by atoms with E-state index in [2.05, 4.69) is 14.5 Å². The summed E-state index contributed by atoms with van der Waals surface area (Å²) in [5.41, 5.74) is 1.40. The van der Waals surface area contributed by atoms with Crippen LogP contribution in [-0.2, 0) is 11.3 Å². The fourth-order valence-corrected chi connectivity index (χ4v) is 4.03. The van der Waals surface area contributed by atoms with Gasteiger partial charge in [-0.3, -0.25) is 4.79 Å². The lowest BCUT2D eigenvalue weighted by Gasteiger charge is -2.33. The third-order valence-electron chi connectivity index (χ3n) is 5.49. The van der Waals surface area contributed by atoms with E-state index in [0.29, 0.717) is 24.6 Å². The van der Waals surface area contributed by atoms with Gasteiger partial charge in [0.2, 0.25) is 5.88 Å². The topological polar surface area (TPSA) is 69.5 Å². The van der Waals surface area contributed by atoms with Crippen molar-refractivity contribution < 1.29 is 14.3 Å². The van der Waals surface area contributed by atoms with Crippen molar-refractivity contribution in [3.63, 3.8) is 0 Å². The van der Waals surface area contributed by atoms with E-state index in [1.165, 1.54) is 0 Å². The van der Waals surface area contributed by atoms with Gasteiger partial charge in [0.05, 0.1) is 24.8 Å². The minimum absolute atomic E-state index is 0.0154. The molecule has 1 aliphatic heterocycles. The first kappa shape index (κ1) is 19.4. The average Bonchev–Trinajstić information content (AvgIpc) is 3.25. The highest BCUT2D eigenvalue weighted by Gasteiger charge is 2.29. The molecule has 1 saturated heterocycles. The molecule has 2 aromatic heterocycles. The maximum Gasteiger partial charge on any atom is 0.254 e. The number of fused-ring (bicyclic) bond motifs is 1. The van der Waals surface area contributed by atoms with Gasteiger partial charge in [0.1, 0.15) is 5.82 Å². The Morgan fingerprint density at radius 3 is 2.97 bits per heavy atom. The quantitative estimate of drug-likeness (QED) is 0.643. The Bertz CT molecular complexity index is 1000. The number of hydrogen-bond donors (Lipinski definition) is 0. The van der Waals surface area contributed by atoms with E-state index in [1.807, 2.05) is 41.6 Å². The second-order valence-electron chi connectivity index (χ2n) is 7.29. The van der Waals surface area contributed by atoms with Gasteiger partial charge in [-0.05, 0) is 18.9 Å². The van der Waals surface area contributed by atoms with Gasteiger partial charge in [-0.15, -0.1) is 0 Å². The molecule has 7 nitrogen and oxygen atoms in total. The van der Waals surface area contributed by atoms with E-state index in [4.69, 9.17) is 9.47 Å². The highest BCUT2D eigenvalue weighted by atomic mass is 16.5. The molecule has 1 aromatic carbocycles. The molecular formula is C22H26N4O3. The van der Waals surface area contributed by atoms with E-state index in [0.717, 1.165) is 42.7 Å². The summed E-state index contributed by atoms with van der Waals surface area (Å²) in [6.07, 6.45) is 5.78. The fourth-order valence-electron chi connectivity index (χ4n) is 4.03. The summed E-state index contributed by atoms with van der Waals surface area (Å²) < 4.78 is 12.7. The number of imidazole rings is 1. The van der Waals surface area contributed by atoms with Crippen molar-refractivity contribution in [1.82, 2.24) is 19.4 Å². The number of methoxy groups -OCH3 is 2. The number of hydrogen-bond acceptors (Lipinski definition) is 5. The molecular weight excluding hydrogens is 368 g/mol. The lowest BCUT2D eigenvalue weighted by atomic mass is 9.96. The van der Waals surface area contributed by atoms with Crippen LogP contribution in [0.4, 0.5) is 0 Å². The Balaban J connectivity index is 1.60. The van der Waals surface area contributed by atoms with Gasteiger partial charge < -0.3 is 18.9 Å². The first-order chi connectivity index (χ1) is 14.2. The minimum atomic E-state index is 0.0154. The first-order valence-electron chi connectivity index (χ1n) is 9.94. The van der Waals surface area contributed by atoms with E-state index < -0.39 is 0 Å². The van der Waals surface area contributed by atoms with Crippen LogP contribution >= 0.6 is 0 Å². The van der Waals surface area contributed by atoms with Crippen molar-refractivity contribution in [1.29, 1.82) is 0 Å². The maximum absolute atomic E-state index is 13.4. The standard InChI is InChI=1S/C22H26N4O3/c1-28-13-12-25-11-9-23-21(25)16-6-5-10-26(15-16)22(27)18-14-20(29-2)24-19-8-4-3-7-17(18)19/h3-4,7-9,11,14,16H,5-6,10,12-13,15H2,1-2H3/t16-/m1/s1. The molecule has 3 aromatic rings. The number of carbonyl (C=O) groups is 1. The van der Waals surface area contributed by atoms with Crippen LogP contribution in [0.25, 0.3) is 10.9 Å². The number of para-hydroxylation sites is 1. The number of benzene rings is 1. The third kappa shape index (κ3) is 3.96. The van der Waals surface area contributed by atoms with Gasteiger partial charge in [-0.1, -0.05) is 18.2 Å². The van der Waals surface area contributed by atoms with Crippen molar-refractivity contribution >= 4 is 16.8 Å². The molecule has 0 N–H and O–H groups in total. The molecule has 152 valence electrons. The van der Waals surface area contributed by atoms with Crippen LogP contribution in [0.15, 0.2) is 42.7 Å². The number of ether oxygens (including phenoxy) is 2. The second-order valence-corrected chi connectivity index (χ2v) is 7.29. The van der Waals surface area contributed by atoms with Crippen molar-refractivity contribution in [3.8, 4) is 5.88 Å². The molecule has 1 amide bonds. The van der Waals surface area contributed by atoms with Crippen LogP contribution in [0.3, 0.4) is 0 Å². The summed E-state index contributed by atoms with van der Waals surface area (Å²) in [4.78, 5) is 24.4. The fraction of sp³-hybridized carbons (Fsp3) is 0.409. The van der Waals surface area contributed by atoms with E-state index in [-0.39, 0.29) is 11.8 Å². The minimum Gasteiger partial charge on any atom is -0.481 e. The summed E-state index contributed by atoms with van der Waals surface area (Å²) in [5, 5.41) is 0.849. The molecule has 4 rings (SSSR count). The Morgan fingerprint density at radius 1 is 1.28 bits per heavy atom. The Hall–Kier alpha value is -2.93. The van der Waals surface area contributed by atoms with Crippen molar-refractivity contribution in [2.24, 2.45) is 0 Å². The lowest BCUT2D eigenvalue weighted by Crippen LogP contribution is -2.40. The SMILES string of the molecule is COCCn1ccnc1[C@@H]1CCCN(C(=O)c2cc(OC)nc3ccccc23)C1. The number of carbonyl (C=O) groups excluding carboxylic acids is 1. The number of pyridine rings is 1. The maximum atomic E-state index is 13.4. The van der Waals surface area contributed by atoms with Gasteiger partial charge in [0.15, 0.2) is 0 Å². The predicted molar refractivity (Wildman–Crippen MR) is 110 cm³/mol. The zero-order valence-corrected chi connectivity index (χ0v) is 16.9. The molecule has 0 aliphatic carbocycles. The normalized spacial score (nSPS) is 16.9. The first-order valence-corrected chi connectivity index (χ1v) is 9.94. The number of amides is 1. The van der Waals surface area contributed by atoms with Crippen LogP contribution in [0.5, 0.6) is 5.88 Å². The number of nitrogens with zero attached hydrogens (tertiary/aromatic N) is 4. The highest BCUT2D eigenvalue weighted by molar-refractivity contribution is 6.06. The second kappa shape index (κ2) is 8.61. The monoisotopic (exact) mass is 394 g/mol. The number of aromatic nitrogens is 3. The van der Waals surface area contributed by atoms with E-state index in [1.54, 1.807) is 20.3 Å². The molecule has 0 spiro atoms. The third-order valence-corrected chi connectivity index (χ3v) is 5.49. The smallest absolute Gasteiger partial charge is 0.254 e. The summed E-state index contributed by atoms with van der Waals surface area (Å²) in [6.45, 7) is 2.80. The molecule has 0 radical (unpaired) electrons. The van der Waals surface area contributed by atoms with E-state index in [9.17, 15) is 4.79 Å². The van der Waals surface area contributed by atoms with Gasteiger partial charge >= 0.3 is 0 Å². The van der Waals surface area contributed by atoms with Crippen LogP contribution in [0.2, 0.25) is 0 Å². The molecule has 1 fully saturated rings. The number of likely N-dealkylation sites (tertiary alicyclic amines) is 1. The molecule has 3 heterocycles. The summed E-state index contributed by atoms with van der Waals surface area (Å²) in [7, 11) is 3.27. The van der Waals surface area contributed by atoms with Gasteiger partial charge in [-0.2, -0.15) is 0 Å². The number of rotatable bonds is 6. The Labute approximate surface area is 170 Å². The van der Waals surface area contributed by atoms with Crippen LogP contribution in [-0.4, -0.2) is 59.3 Å². The molecule has 29 heavy (non-hydrogen) atoms. The summed E-state index contributed by atoms with van der Waals surface area (Å²) in [5.74, 6) is 1.71. The zero-order chi connectivity index (χ0) is 20.2. The molecule has 1 aliphatic rings. The molecule has 0 saturated carbocycles. The van der Waals surface area contributed by atoms with Crippen LogP contribution < -0.4 is 4.74 Å². The van der Waals surface area contributed by atoms with Gasteiger partial charge in [0, 0.05) is 56.5 Å². The van der Waals surface area contributed by atoms with Crippen molar-refractivity contribution in [2.45, 2.75) is 25.3 Å². The van der Waals surface area contributed by atoms with Gasteiger partial charge in [-0.25, -0.2) is 9.97 Å². The van der Waals surface area contributed by atoms with Crippen molar-refractivity contribution in [2.75, 3.05) is 33.9 Å². The molecule has 0 bridgehead atoms. The predicted octanol–water partition coefficient (Wildman–Crippen LogP) is 3.11. The van der Waals surface area contributed by atoms with Crippen LogP contribution in [0.1, 0.15) is 34.9 Å². The van der Waals surface area contributed by atoms with E-state index >= 15 is 0 Å². The van der Waals surface area contributed by atoms with Gasteiger partial charge in [0.25, 0.3) is 5.91 Å². The highest BCUT2D eigenvalue weighted by Crippen LogP contribution is 2.29. The molecule has 0 unspecified atom stereocenters. The summed E-state index contributed by atoms with van der Waals surface area (Å²) >= 11 is 0.